The van der Waals surface area contributed by atoms with Crippen molar-refractivity contribution in [2.75, 3.05) is 6.54 Å². The maximum atomic E-state index is 13.0. The second-order valence-corrected chi connectivity index (χ2v) is 7.13. The molecule has 2 atom stereocenters. The van der Waals surface area contributed by atoms with Gasteiger partial charge in [-0.15, -0.1) is 0 Å². The number of ether oxygens (including phenoxy) is 1. The van der Waals surface area contributed by atoms with Gasteiger partial charge in [-0.3, -0.25) is 9.98 Å². The zero-order valence-electron chi connectivity index (χ0n) is 14.4. The molecule has 1 aliphatic carbocycles. The van der Waals surface area contributed by atoms with Crippen LogP contribution in [0, 0.1) is 6.92 Å². The highest BCUT2D eigenvalue weighted by Gasteiger charge is 2.46. The van der Waals surface area contributed by atoms with Gasteiger partial charge >= 0.3 is 6.61 Å². The van der Waals surface area contributed by atoms with Gasteiger partial charge in [0.15, 0.2) is 0 Å². The zero-order chi connectivity index (χ0) is 17.8. The number of hydrogen-bond donors (Lipinski definition) is 0. The molecule has 132 valence electrons. The summed E-state index contributed by atoms with van der Waals surface area (Å²) in [6.07, 6.45) is 1.46. The Labute approximate surface area is 150 Å². The molecule has 1 saturated carbocycles. The Morgan fingerprint density at radius 3 is 2.92 bits per heavy atom. The Morgan fingerprint density at radius 2 is 2.08 bits per heavy atom. The first kappa shape index (κ1) is 15.7. The van der Waals surface area contributed by atoms with Crippen molar-refractivity contribution in [2.45, 2.75) is 38.2 Å². The molecule has 1 fully saturated rings. The summed E-state index contributed by atoms with van der Waals surface area (Å²) in [5.41, 5.74) is 7.32. The van der Waals surface area contributed by atoms with Crippen molar-refractivity contribution in [3.05, 3.63) is 58.7 Å². The maximum absolute atomic E-state index is 13.0. The molecule has 2 aliphatic heterocycles. The number of aliphatic imine (C=N–C) groups is 2. The van der Waals surface area contributed by atoms with Crippen molar-refractivity contribution in [2.24, 2.45) is 9.98 Å². The average Bonchev–Trinajstić information content (AvgIpc) is 3.11. The number of fused-ring (bicyclic) bond motifs is 9. The van der Waals surface area contributed by atoms with Crippen molar-refractivity contribution in [1.82, 2.24) is 0 Å². The van der Waals surface area contributed by atoms with Gasteiger partial charge < -0.3 is 4.74 Å². The molecule has 0 spiro atoms. The minimum absolute atomic E-state index is 0.0424. The quantitative estimate of drug-likeness (QED) is 0.753. The maximum Gasteiger partial charge on any atom is 0.387 e. The van der Waals surface area contributed by atoms with Gasteiger partial charge in [-0.05, 0) is 43.0 Å². The van der Waals surface area contributed by atoms with E-state index in [0.29, 0.717) is 12.3 Å². The van der Waals surface area contributed by atoms with Gasteiger partial charge in [0.1, 0.15) is 5.75 Å². The number of aryl methyl sites for hydroxylation is 1. The lowest BCUT2D eigenvalue weighted by molar-refractivity contribution is -0.0506. The number of rotatable bonds is 2. The Bertz CT molecular complexity index is 964. The fourth-order valence-electron chi connectivity index (χ4n) is 4.61. The largest absolute Gasteiger partial charge is 0.435 e. The third kappa shape index (κ3) is 2.30. The minimum Gasteiger partial charge on any atom is -0.435 e. The molecule has 2 unspecified atom stereocenters. The van der Waals surface area contributed by atoms with E-state index in [1.54, 1.807) is 12.1 Å². The topological polar surface area (TPSA) is 34.0 Å². The first-order valence-electron chi connectivity index (χ1n) is 8.91. The molecule has 0 N–H and O–H groups in total. The molecule has 2 aromatic carbocycles. The van der Waals surface area contributed by atoms with Gasteiger partial charge in [0.05, 0.1) is 17.1 Å². The molecular formula is C21H18F2N2O. The van der Waals surface area contributed by atoms with E-state index in [4.69, 9.17) is 14.7 Å². The Kier molecular flexibility index (Phi) is 3.45. The van der Waals surface area contributed by atoms with Crippen LogP contribution in [0.4, 0.5) is 14.5 Å². The van der Waals surface area contributed by atoms with Crippen LogP contribution < -0.4 is 4.74 Å². The number of nitrogens with zero attached hydrogens (tertiary/aromatic N) is 2. The number of benzene rings is 2. The van der Waals surface area contributed by atoms with Crippen LogP contribution in [0.3, 0.4) is 0 Å². The predicted molar refractivity (Wildman–Crippen MR) is 97.5 cm³/mol. The van der Waals surface area contributed by atoms with Crippen LogP contribution in [-0.2, 0) is 6.42 Å². The molecule has 5 rings (SSSR count). The molecule has 0 aromatic heterocycles. The lowest BCUT2D eigenvalue weighted by Crippen LogP contribution is -2.14. The molecule has 3 nitrogen and oxygen atoms in total. The molecule has 0 radical (unpaired) electrons. The summed E-state index contributed by atoms with van der Waals surface area (Å²) >= 11 is 0. The molecule has 0 saturated heterocycles. The highest BCUT2D eigenvalue weighted by molar-refractivity contribution is 6.48. The minimum atomic E-state index is -2.83. The molecule has 2 aromatic rings. The van der Waals surface area contributed by atoms with E-state index in [2.05, 4.69) is 19.1 Å². The van der Waals surface area contributed by atoms with Crippen molar-refractivity contribution in [3.8, 4) is 5.75 Å². The van der Waals surface area contributed by atoms with Crippen LogP contribution in [0.1, 0.15) is 40.5 Å². The van der Waals surface area contributed by atoms with Crippen LogP contribution >= 0.6 is 0 Å². The van der Waals surface area contributed by atoms with E-state index in [1.807, 2.05) is 12.1 Å². The average molecular weight is 352 g/mol. The van der Waals surface area contributed by atoms with E-state index < -0.39 is 6.61 Å². The molecule has 5 heteroatoms. The summed E-state index contributed by atoms with van der Waals surface area (Å²) in [7, 11) is 0. The molecule has 0 amide bonds. The predicted octanol–water partition coefficient (Wildman–Crippen LogP) is 4.95. The van der Waals surface area contributed by atoms with Crippen LogP contribution in [0.15, 0.2) is 46.4 Å². The molecule has 3 aliphatic rings. The molecule has 2 bridgehead atoms. The summed E-state index contributed by atoms with van der Waals surface area (Å²) in [6.45, 7) is -0.115. The summed E-state index contributed by atoms with van der Waals surface area (Å²) in [5, 5.41) is 0. The summed E-state index contributed by atoms with van der Waals surface area (Å²) in [4.78, 5) is 9.62. The lowest BCUT2D eigenvalue weighted by atomic mass is 9.80. The van der Waals surface area contributed by atoms with Crippen LogP contribution in [-0.4, -0.2) is 24.6 Å². The monoisotopic (exact) mass is 352 g/mol. The standard InChI is InChI=1S/C21H18F2N2O/c1-11-5-6-15-13(9-11)19-14-10-16(20(19)25-15)24-8-7-12-3-2-4-17(18(12)14)26-21(22)23/h2-6,9,14,19,21H,7-8,10H2,1H3. The smallest absolute Gasteiger partial charge is 0.387 e. The number of alkyl halides is 2. The van der Waals surface area contributed by atoms with Gasteiger partial charge in [-0.25, -0.2) is 0 Å². The van der Waals surface area contributed by atoms with Gasteiger partial charge in [0.25, 0.3) is 0 Å². The van der Waals surface area contributed by atoms with Crippen LogP contribution in [0.5, 0.6) is 5.75 Å². The first-order chi connectivity index (χ1) is 12.6. The van der Waals surface area contributed by atoms with Crippen LogP contribution in [0.2, 0.25) is 0 Å². The van der Waals surface area contributed by atoms with Crippen molar-refractivity contribution in [3.63, 3.8) is 0 Å². The summed E-state index contributed by atoms with van der Waals surface area (Å²) < 4.78 is 30.9. The number of halogens is 2. The highest BCUT2D eigenvalue weighted by Crippen LogP contribution is 2.53. The summed E-state index contributed by atoms with van der Waals surface area (Å²) in [6, 6.07) is 11.7. The fourth-order valence-corrected chi connectivity index (χ4v) is 4.61. The van der Waals surface area contributed by atoms with E-state index in [1.165, 1.54) is 11.1 Å². The lowest BCUT2D eigenvalue weighted by Gasteiger charge is -2.24. The van der Waals surface area contributed by atoms with E-state index >= 15 is 0 Å². The van der Waals surface area contributed by atoms with Crippen molar-refractivity contribution < 1.29 is 13.5 Å². The Morgan fingerprint density at radius 1 is 1.19 bits per heavy atom. The van der Waals surface area contributed by atoms with Gasteiger partial charge in [-0.2, -0.15) is 8.78 Å². The highest BCUT2D eigenvalue weighted by atomic mass is 19.3. The first-order valence-corrected chi connectivity index (χ1v) is 8.91. The van der Waals surface area contributed by atoms with Crippen molar-refractivity contribution >= 4 is 17.1 Å². The van der Waals surface area contributed by atoms with E-state index in [0.717, 1.165) is 41.1 Å². The van der Waals surface area contributed by atoms with Crippen LogP contribution in [0.25, 0.3) is 0 Å². The van der Waals surface area contributed by atoms with E-state index in [9.17, 15) is 8.78 Å². The van der Waals surface area contributed by atoms with Gasteiger partial charge in [0, 0.05) is 23.9 Å². The SMILES string of the molecule is Cc1ccc2c(c1)C1C(=N2)C2=NCCc3cccc(OC(F)F)c3C1C2. The molecular weight excluding hydrogens is 334 g/mol. The van der Waals surface area contributed by atoms with Gasteiger partial charge in [0.2, 0.25) is 0 Å². The third-order valence-electron chi connectivity index (χ3n) is 5.59. The second-order valence-electron chi connectivity index (χ2n) is 7.13. The Balaban J connectivity index is 1.71. The number of hydrogen-bond acceptors (Lipinski definition) is 3. The normalized spacial score (nSPS) is 22.8. The molecule has 2 heterocycles. The third-order valence-corrected chi connectivity index (χ3v) is 5.59. The fraction of sp³-hybridized carbons (Fsp3) is 0.333. The molecule has 26 heavy (non-hydrogen) atoms. The van der Waals surface area contributed by atoms with Gasteiger partial charge in [-0.1, -0.05) is 29.8 Å². The van der Waals surface area contributed by atoms with E-state index in [-0.39, 0.29) is 11.8 Å². The zero-order valence-corrected chi connectivity index (χ0v) is 14.4. The van der Waals surface area contributed by atoms with Crippen molar-refractivity contribution in [1.29, 1.82) is 0 Å². The Hall–Kier alpha value is -2.56. The second kappa shape index (κ2) is 5.73. The summed E-state index contributed by atoms with van der Waals surface area (Å²) in [5.74, 6) is 0.412.